The van der Waals surface area contributed by atoms with E-state index in [0.717, 1.165) is 25.8 Å². The molecular formula is C24H20IN3O. The van der Waals surface area contributed by atoms with E-state index in [1.807, 2.05) is 54.6 Å². The van der Waals surface area contributed by atoms with Crippen molar-refractivity contribution in [1.29, 1.82) is 0 Å². The van der Waals surface area contributed by atoms with Gasteiger partial charge in [0.05, 0.1) is 5.52 Å². The summed E-state index contributed by atoms with van der Waals surface area (Å²) < 4.78 is 1.15. The summed E-state index contributed by atoms with van der Waals surface area (Å²) in [6.45, 7) is 1.17. The molecule has 1 N–H and O–H groups in total. The van der Waals surface area contributed by atoms with Gasteiger partial charge < -0.3 is 10.2 Å². The number of rotatable bonds is 6. The van der Waals surface area contributed by atoms with E-state index < -0.39 is 0 Å². The topological polar surface area (TPSA) is 45.2 Å². The van der Waals surface area contributed by atoms with Crippen molar-refractivity contribution < 1.29 is 4.79 Å². The van der Waals surface area contributed by atoms with Crippen LogP contribution in [0, 0.1) is 3.57 Å². The molecule has 1 heterocycles. The number of amides is 1. The molecule has 144 valence electrons. The minimum atomic E-state index is -0.161. The number of nitrogens with one attached hydrogen (secondary N) is 1. The number of benzene rings is 3. The van der Waals surface area contributed by atoms with Gasteiger partial charge in [-0.3, -0.25) is 4.79 Å². The highest BCUT2D eigenvalue weighted by molar-refractivity contribution is 14.1. The number of carbonyl (C=O) groups is 1. The number of carbonyl (C=O) groups excluding carboxylic acids is 1. The van der Waals surface area contributed by atoms with Gasteiger partial charge in [-0.05, 0) is 71.1 Å². The molecule has 0 bridgehead atoms. The molecule has 4 aromatic rings. The number of para-hydroxylation sites is 2. The summed E-state index contributed by atoms with van der Waals surface area (Å²) in [6, 6.07) is 30.1. The first-order chi connectivity index (χ1) is 14.2. The van der Waals surface area contributed by atoms with Gasteiger partial charge in [0.15, 0.2) is 0 Å². The summed E-state index contributed by atoms with van der Waals surface area (Å²) in [5.74, 6) is -0.161. The Hall–Kier alpha value is -2.93. The van der Waals surface area contributed by atoms with E-state index in [1.165, 1.54) is 0 Å². The van der Waals surface area contributed by atoms with Gasteiger partial charge in [-0.2, -0.15) is 0 Å². The van der Waals surface area contributed by atoms with Crippen molar-refractivity contribution in [2.45, 2.75) is 0 Å². The molecule has 1 amide bonds. The van der Waals surface area contributed by atoms with Crippen molar-refractivity contribution in [3.05, 3.63) is 100 Å². The van der Waals surface area contributed by atoms with E-state index in [1.54, 1.807) is 6.07 Å². The monoisotopic (exact) mass is 493 g/mol. The van der Waals surface area contributed by atoms with Gasteiger partial charge in [-0.25, -0.2) is 4.98 Å². The lowest BCUT2D eigenvalue weighted by molar-refractivity contribution is 0.0950. The van der Waals surface area contributed by atoms with Crippen LogP contribution < -0.4 is 10.2 Å². The molecule has 0 radical (unpaired) electrons. The van der Waals surface area contributed by atoms with Crippen molar-refractivity contribution in [2.24, 2.45) is 0 Å². The van der Waals surface area contributed by atoms with Crippen LogP contribution in [0.25, 0.3) is 10.9 Å². The second kappa shape index (κ2) is 9.05. The fourth-order valence-corrected chi connectivity index (χ4v) is 3.73. The molecule has 5 heteroatoms. The third-order valence-electron chi connectivity index (χ3n) is 4.64. The predicted octanol–water partition coefficient (Wildman–Crippen LogP) is 5.41. The van der Waals surface area contributed by atoms with Crippen LogP contribution in [0.2, 0.25) is 0 Å². The second-order valence-corrected chi connectivity index (χ2v) is 7.86. The summed E-state index contributed by atoms with van der Waals surface area (Å²) >= 11 is 2.27. The van der Waals surface area contributed by atoms with Gasteiger partial charge in [-0.1, -0.05) is 42.5 Å². The van der Waals surface area contributed by atoms with E-state index >= 15 is 0 Å². The van der Waals surface area contributed by atoms with Crippen LogP contribution in [0.4, 0.5) is 11.4 Å². The lowest BCUT2D eigenvalue weighted by Gasteiger charge is -2.25. The fraction of sp³-hybridized carbons (Fsp3) is 0.0833. The SMILES string of the molecule is O=C(NCCN(c1ccccc1)c1ccccc1)c1ccc2cc(I)ccc2n1. The van der Waals surface area contributed by atoms with Gasteiger partial charge in [-0.15, -0.1) is 0 Å². The summed E-state index contributed by atoms with van der Waals surface area (Å²) in [6.07, 6.45) is 0. The van der Waals surface area contributed by atoms with Gasteiger partial charge in [0.1, 0.15) is 5.69 Å². The Balaban J connectivity index is 1.46. The number of pyridine rings is 1. The highest BCUT2D eigenvalue weighted by Gasteiger charge is 2.11. The molecule has 0 fully saturated rings. The smallest absolute Gasteiger partial charge is 0.269 e. The van der Waals surface area contributed by atoms with Gasteiger partial charge in [0.25, 0.3) is 5.91 Å². The first kappa shape index (κ1) is 19.4. The largest absolute Gasteiger partial charge is 0.349 e. The Morgan fingerprint density at radius 1 is 0.862 bits per heavy atom. The molecule has 29 heavy (non-hydrogen) atoms. The third kappa shape index (κ3) is 4.74. The van der Waals surface area contributed by atoms with E-state index in [9.17, 15) is 4.79 Å². The zero-order chi connectivity index (χ0) is 20.1. The van der Waals surface area contributed by atoms with Crippen LogP contribution in [-0.2, 0) is 0 Å². The number of hydrogen-bond donors (Lipinski definition) is 1. The number of aromatic nitrogens is 1. The summed E-state index contributed by atoms with van der Waals surface area (Å²) in [4.78, 5) is 19.3. The molecule has 0 aliphatic carbocycles. The van der Waals surface area contributed by atoms with Crippen LogP contribution in [0.3, 0.4) is 0 Å². The van der Waals surface area contributed by atoms with Crippen molar-refractivity contribution in [1.82, 2.24) is 10.3 Å². The zero-order valence-corrected chi connectivity index (χ0v) is 17.9. The Kier molecular flexibility index (Phi) is 6.05. The van der Waals surface area contributed by atoms with E-state index in [0.29, 0.717) is 18.8 Å². The second-order valence-electron chi connectivity index (χ2n) is 6.61. The molecular weight excluding hydrogens is 473 g/mol. The Bertz CT molecular complexity index is 1080. The fourth-order valence-electron chi connectivity index (χ4n) is 3.22. The first-order valence-corrected chi connectivity index (χ1v) is 10.5. The molecule has 0 unspecified atom stereocenters. The highest BCUT2D eigenvalue weighted by Crippen LogP contribution is 2.24. The lowest BCUT2D eigenvalue weighted by Crippen LogP contribution is -2.33. The van der Waals surface area contributed by atoms with Crippen LogP contribution in [0.5, 0.6) is 0 Å². The Morgan fingerprint density at radius 2 is 1.52 bits per heavy atom. The summed E-state index contributed by atoms with van der Waals surface area (Å²) in [5.41, 5.74) is 3.44. The first-order valence-electron chi connectivity index (χ1n) is 9.43. The average Bonchev–Trinajstić information content (AvgIpc) is 2.77. The number of fused-ring (bicyclic) bond motifs is 1. The highest BCUT2D eigenvalue weighted by atomic mass is 127. The Morgan fingerprint density at radius 3 is 2.17 bits per heavy atom. The van der Waals surface area contributed by atoms with Crippen LogP contribution in [0.15, 0.2) is 91.0 Å². The predicted molar refractivity (Wildman–Crippen MR) is 127 cm³/mol. The van der Waals surface area contributed by atoms with Gasteiger partial charge in [0, 0.05) is 33.4 Å². The molecule has 4 nitrogen and oxygen atoms in total. The molecule has 4 rings (SSSR count). The summed E-state index contributed by atoms with van der Waals surface area (Å²) in [7, 11) is 0. The maximum Gasteiger partial charge on any atom is 0.269 e. The van der Waals surface area contributed by atoms with E-state index in [2.05, 4.69) is 68.1 Å². The minimum Gasteiger partial charge on any atom is -0.349 e. The van der Waals surface area contributed by atoms with Gasteiger partial charge >= 0.3 is 0 Å². The van der Waals surface area contributed by atoms with Crippen LogP contribution in [0.1, 0.15) is 10.5 Å². The molecule has 0 spiro atoms. The van der Waals surface area contributed by atoms with E-state index in [-0.39, 0.29) is 5.91 Å². The average molecular weight is 493 g/mol. The molecule has 3 aromatic carbocycles. The zero-order valence-electron chi connectivity index (χ0n) is 15.8. The molecule has 0 aliphatic rings. The van der Waals surface area contributed by atoms with Crippen molar-refractivity contribution in [3.63, 3.8) is 0 Å². The third-order valence-corrected chi connectivity index (χ3v) is 5.31. The quantitative estimate of drug-likeness (QED) is 0.366. The summed E-state index contributed by atoms with van der Waals surface area (Å²) in [5, 5.41) is 4.04. The van der Waals surface area contributed by atoms with Crippen molar-refractivity contribution in [3.8, 4) is 0 Å². The van der Waals surface area contributed by atoms with Crippen LogP contribution >= 0.6 is 22.6 Å². The number of nitrogens with zero attached hydrogens (tertiary/aromatic N) is 2. The Labute approximate surface area is 183 Å². The molecule has 0 saturated heterocycles. The number of halogens is 1. The lowest BCUT2D eigenvalue weighted by atomic mass is 10.2. The molecule has 0 aliphatic heterocycles. The van der Waals surface area contributed by atoms with E-state index in [4.69, 9.17) is 0 Å². The molecule has 0 atom stereocenters. The maximum atomic E-state index is 12.6. The van der Waals surface area contributed by atoms with Crippen molar-refractivity contribution >= 4 is 50.8 Å². The minimum absolute atomic E-state index is 0.161. The number of anilines is 2. The number of hydrogen-bond acceptors (Lipinski definition) is 3. The van der Waals surface area contributed by atoms with Gasteiger partial charge in [0.2, 0.25) is 0 Å². The normalized spacial score (nSPS) is 10.7. The molecule has 0 saturated carbocycles. The van der Waals surface area contributed by atoms with Crippen LogP contribution in [-0.4, -0.2) is 24.0 Å². The molecule has 1 aromatic heterocycles. The standard InChI is InChI=1S/C24H20IN3O/c25-19-12-14-22-18(17-19)11-13-23(27-22)24(29)26-15-16-28(20-7-3-1-4-8-20)21-9-5-2-6-10-21/h1-14,17H,15-16H2,(H,26,29). The maximum absolute atomic E-state index is 12.6. The van der Waals surface area contributed by atoms with Crippen molar-refractivity contribution in [2.75, 3.05) is 18.0 Å².